The maximum Gasteiger partial charge on any atom is 0.252 e. The summed E-state index contributed by atoms with van der Waals surface area (Å²) in [6.07, 6.45) is 1.06. The minimum Gasteiger partial charge on any atom is -0.380 e. The van der Waals surface area contributed by atoms with Gasteiger partial charge in [0.15, 0.2) is 0 Å². The Hall–Kier alpha value is -0.710. The van der Waals surface area contributed by atoms with Crippen LogP contribution in [-0.2, 0) is 10.2 Å². The Balaban J connectivity index is 1.99. The fraction of sp³-hybridized carbons (Fsp3) is 0.562. The normalized spacial score (nSPS) is 18.3. The van der Waals surface area contributed by atoms with E-state index >= 15 is 0 Å². The number of thioether (sulfide) groups is 1. The van der Waals surface area contributed by atoms with Crippen LogP contribution in [0.1, 0.15) is 32.3 Å². The molecule has 0 radical (unpaired) electrons. The summed E-state index contributed by atoms with van der Waals surface area (Å²) < 4.78 is 0. The van der Waals surface area contributed by atoms with Crippen molar-refractivity contribution in [3.05, 3.63) is 34.9 Å². The van der Waals surface area contributed by atoms with Crippen molar-refractivity contribution in [1.82, 2.24) is 5.32 Å². The number of hydrogen-bond acceptors (Lipinski definition) is 3. The first-order chi connectivity index (χ1) is 9.83. The first-order valence-electron chi connectivity index (χ1n) is 7.18. The van der Waals surface area contributed by atoms with E-state index in [9.17, 15) is 9.90 Å². The molecule has 1 aromatic rings. The van der Waals surface area contributed by atoms with Gasteiger partial charge < -0.3 is 10.4 Å². The van der Waals surface area contributed by atoms with E-state index in [1.54, 1.807) is 11.8 Å². The van der Waals surface area contributed by atoms with Crippen molar-refractivity contribution in [2.75, 3.05) is 18.1 Å². The highest BCUT2D eigenvalue weighted by Crippen LogP contribution is 2.28. The molecule has 3 nitrogen and oxygen atoms in total. The summed E-state index contributed by atoms with van der Waals surface area (Å²) in [6.45, 7) is 4.58. The van der Waals surface area contributed by atoms with E-state index in [1.807, 2.05) is 24.3 Å². The molecule has 116 valence electrons. The summed E-state index contributed by atoms with van der Waals surface area (Å²) in [5, 5.41) is 14.0. The van der Waals surface area contributed by atoms with Crippen LogP contribution in [0.2, 0.25) is 5.02 Å². The van der Waals surface area contributed by atoms with Gasteiger partial charge in [-0.05, 0) is 42.0 Å². The molecule has 1 heterocycles. The Bertz CT molecular complexity index is 513. The maximum atomic E-state index is 12.3. The average molecular weight is 328 g/mol. The first kappa shape index (κ1) is 16.7. The van der Waals surface area contributed by atoms with E-state index in [1.165, 1.54) is 0 Å². The quantitative estimate of drug-likeness (QED) is 0.893. The van der Waals surface area contributed by atoms with Gasteiger partial charge in [0.25, 0.3) is 5.91 Å². The number of amides is 1. The number of carbonyl (C=O) groups excluding carboxylic acids is 1. The summed E-state index contributed by atoms with van der Waals surface area (Å²) in [5.41, 5.74) is -0.364. The Labute approximate surface area is 135 Å². The lowest BCUT2D eigenvalue weighted by Crippen LogP contribution is -2.51. The number of aliphatic hydroxyl groups is 1. The molecule has 5 heteroatoms. The van der Waals surface area contributed by atoms with Crippen molar-refractivity contribution < 1.29 is 9.90 Å². The summed E-state index contributed by atoms with van der Waals surface area (Å²) in [4.78, 5) is 12.3. The van der Waals surface area contributed by atoms with Gasteiger partial charge in [0.05, 0.1) is 0 Å². The molecule has 1 aromatic carbocycles. The zero-order valence-electron chi connectivity index (χ0n) is 12.5. The minimum absolute atomic E-state index is 0.236. The van der Waals surface area contributed by atoms with Crippen LogP contribution < -0.4 is 5.32 Å². The topological polar surface area (TPSA) is 49.3 Å². The Kier molecular flexibility index (Phi) is 5.23. The Morgan fingerprint density at radius 2 is 2.10 bits per heavy atom. The van der Waals surface area contributed by atoms with Gasteiger partial charge in [-0.15, -0.1) is 0 Å². The lowest BCUT2D eigenvalue weighted by molar-refractivity contribution is -0.140. The Morgan fingerprint density at radius 3 is 2.71 bits per heavy atom. The van der Waals surface area contributed by atoms with Crippen molar-refractivity contribution in [2.45, 2.75) is 37.7 Å². The van der Waals surface area contributed by atoms with E-state index in [2.05, 4.69) is 19.2 Å². The molecule has 0 bridgehead atoms. The second kappa shape index (κ2) is 6.59. The van der Waals surface area contributed by atoms with Crippen molar-refractivity contribution in [3.8, 4) is 0 Å². The number of rotatable bonds is 4. The van der Waals surface area contributed by atoms with Crippen LogP contribution in [0.5, 0.6) is 0 Å². The van der Waals surface area contributed by atoms with Crippen LogP contribution in [0.15, 0.2) is 24.3 Å². The molecule has 2 rings (SSSR count). The maximum absolute atomic E-state index is 12.3. The molecule has 0 spiro atoms. The van der Waals surface area contributed by atoms with Gasteiger partial charge in [-0.2, -0.15) is 11.8 Å². The van der Waals surface area contributed by atoms with Gasteiger partial charge in [0.1, 0.15) is 5.60 Å². The molecule has 1 amide bonds. The van der Waals surface area contributed by atoms with E-state index in [4.69, 9.17) is 11.6 Å². The summed E-state index contributed by atoms with van der Waals surface area (Å²) in [5.74, 6) is 1.42. The third-order valence-electron chi connectivity index (χ3n) is 4.04. The highest BCUT2D eigenvalue weighted by Gasteiger charge is 2.38. The molecule has 0 saturated carbocycles. The fourth-order valence-corrected chi connectivity index (χ4v) is 3.77. The molecule has 1 fully saturated rings. The molecule has 2 N–H and O–H groups in total. The number of carbonyl (C=O) groups is 1. The zero-order chi connectivity index (χ0) is 15.5. The summed E-state index contributed by atoms with van der Waals surface area (Å²) in [6, 6.07) is 7.67. The molecule has 0 unspecified atom stereocenters. The largest absolute Gasteiger partial charge is 0.380 e. The monoisotopic (exact) mass is 327 g/mol. The Morgan fingerprint density at radius 1 is 1.43 bits per heavy atom. The van der Waals surface area contributed by atoms with Gasteiger partial charge in [0.2, 0.25) is 0 Å². The molecular formula is C16H22ClNO2S. The van der Waals surface area contributed by atoms with Crippen LogP contribution in [-0.4, -0.2) is 34.7 Å². The summed E-state index contributed by atoms with van der Waals surface area (Å²) >= 11 is 7.81. The van der Waals surface area contributed by atoms with E-state index in [0.717, 1.165) is 17.1 Å². The van der Waals surface area contributed by atoms with Gasteiger partial charge in [0, 0.05) is 17.0 Å². The molecule has 1 aliphatic rings. The third kappa shape index (κ3) is 4.15. The minimum atomic E-state index is -1.20. The van der Waals surface area contributed by atoms with E-state index in [-0.39, 0.29) is 11.3 Å². The average Bonchev–Trinajstić information content (AvgIpc) is 2.45. The third-order valence-corrected chi connectivity index (χ3v) is 5.26. The van der Waals surface area contributed by atoms with Crippen LogP contribution >= 0.6 is 23.4 Å². The van der Waals surface area contributed by atoms with Crippen LogP contribution in [0.25, 0.3) is 0 Å². The summed E-state index contributed by atoms with van der Waals surface area (Å²) in [7, 11) is 0. The standard InChI is InChI=1S/C16H22ClNO2S/c1-15(2,12-4-3-5-13(17)10-12)11-18-14(19)16(20)6-8-21-9-7-16/h3-5,10,20H,6-9,11H2,1-2H3,(H,18,19). The van der Waals surface area contributed by atoms with Crippen molar-refractivity contribution >= 4 is 29.3 Å². The lowest BCUT2D eigenvalue weighted by atomic mass is 9.84. The predicted octanol–water partition coefficient (Wildman–Crippen LogP) is 2.99. The van der Waals surface area contributed by atoms with Gasteiger partial charge in [-0.25, -0.2) is 0 Å². The van der Waals surface area contributed by atoms with E-state index < -0.39 is 5.60 Å². The number of hydrogen-bond donors (Lipinski definition) is 2. The zero-order valence-corrected chi connectivity index (χ0v) is 14.1. The molecule has 0 aromatic heterocycles. The highest BCUT2D eigenvalue weighted by molar-refractivity contribution is 7.99. The van der Waals surface area contributed by atoms with Gasteiger partial charge in [-0.1, -0.05) is 37.6 Å². The second-order valence-corrected chi connectivity index (χ2v) is 7.88. The molecule has 1 saturated heterocycles. The van der Waals surface area contributed by atoms with Crippen molar-refractivity contribution in [3.63, 3.8) is 0 Å². The molecule has 0 atom stereocenters. The van der Waals surface area contributed by atoms with Crippen LogP contribution in [0.3, 0.4) is 0 Å². The lowest BCUT2D eigenvalue weighted by Gasteiger charge is -2.32. The molecular weight excluding hydrogens is 306 g/mol. The van der Waals surface area contributed by atoms with Crippen molar-refractivity contribution in [1.29, 1.82) is 0 Å². The first-order valence-corrected chi connectivity index (χ1v) is 8.71. The van der Waals surface area contributed by atoms with Crippen LogP contribution in [0, 0.1) is 0 Å². The highest BCUT2D eigenvalue weighted by atomic mass is 35.5. The molecule has 21 heavy (non-hydrogen) atoms. The van der Waals surface area contributed by atoms with Crippen LogP contribution in [0.4, 0.5) is 0 Å². The molecule has 1 aliphatic heterocycles. The van der Waals surface area contributed by atoms with Gasteiger partial charge >= 0.3 is 0 Å². The smallest absolute Gasteiger partial charge is 0.252 e. The van der Waals surface area contributed by atoms with Crippen molar-refractivity contribution in [2.24, 2.45) is 0 Å². The predicted molar refractivity (Wildman–Crippen MR) is 89.0 cm³/mol. The van der Waals surface area contributed by atoms with E-state index in [0.29, 0.717) is 24.4 Å². The second-order valence-electron chi connectivity index (χ2n) is 6.22. The number of halogens is 1. The molecule has 0 aliphatic carbocycles. The number of nitrogens with one attached hydrogen (secondary N) is 1. The van der Waals surface area contributed by atoms with Gasteiger partial charge in [-0.3, -0.25) is 4.79 Å². The number of benzene rings is 1. The SMILES string of the molecule is CC(C)(CNC(=O)C1(O)CCSCC1)c1cccc(Cl)c1. The fourth-order valence-electron chi connectivity index (χ4n) is 2.41.